The van der Waals surface area contributed by atoms with Gasteiger partial charge in [0.15, 0.2) is 5.69 Å². The Balaban J connectivity index is 1.66. The van der Waals surface area contributed by atoms with Crippen LogP contribution >= 0.6 is 0 Å². The maximum absolute atomic E-state index is 12.3. The van der Waals surface area contributed by atoms with Gasteiger partial charge in [-0.15, -0.1) is 5.10 Å². The van der Waals surface area contributed by atoms with Crippen LogP contribution in [-0.4, -0.2) is 59.1 Å². The van der Waals surface area contributed by atoms with E-state index in [9.17, 15) is 4.79 Å². The minimum absolute atomic E-state index is 0.0622. The van der Waals surface area contributed by atoms with E-state index in [2.05, 4.69) is 15.2 Å². The molecule has 116 valence electrons. The average Bonchev–Trinajstić information content (AvgIpc) is 3.01. The molecule has 0 bridgehead atoms. The quantitative estimate of drug-likeness (QED) is 0.838. The van der Waals surface area contributed by atoms with E-state index >= 15 is 0 Å². The molecule has 1 fully saturated rings. The molecule has 2 aromatic rings. The summed E-state index contributed by atoms with van der Waals surface area (Å²) in [5.41, 5.74) is 1.46. The zero-order valence-corrected chi connectivity index (χ0v) is 12.8. The van der Waals surface area contributed by atoms with Crippen molar-refractivity contribution in [3.8, 4) is 5.75 Å². The van der Waals surface area contributed by atoms with Crippen LogP contribution in [0.1, 0.15) is 10.5 Å². The predicted octanol–water partition coefficient (Wildman–Crippen LogP) is 0.786. The van der Waals surface area contributed by atoms with Gasteiger partial charge in [0.1, 0.15) is 5.75 Å². The second-order valence-electron chi connectivity index (χ2n) is 5.23. The Morgan fingerprint density at radius 1 is 1.18 bits per heavy atom. The number of hydrogen-bond donors (Lipinski definition) is 0. The molecule has 7 heteroatoms. The number of amides is 1. The van der Waals surface area contributed by atoms with Gasteiger partial charge in [-0.3, -0.25) is 9.48 Å². The molecule has 7 nitrogen and oxygen atoms in total. The van der Waals surface area contributed by atoms with Gasteiger partial charge in [0.2, 0.25) is 0 Å². The Bertz CT molecular complexity index is 661. The topological polar surface area (TPSA) is 63.5 Å². The molecule has 2 heterocycles. The Morgan fingerprint density at radius 3 is 2.55 bits per heavy atom. The fraction of sp³-hybridized carbons (Fsp3) is 0.400. The molecule has 0 aliphatic carbocycles. The molecule has 22 heavy (non-hydrogen) atoms. The van der Waals surface area contributed by atoms with Crippen LogP contribution in [0.2, 0.25) is 0 Å². The largest absolute Gasteiger partial charge is 0.495 e. The number of carbonyl (C=O) groups is 1. The van der Waals surface area contributed by atoms with Crippen LogP contribution in [-0.2, 0) is 7.05 Å². The lowest BCUT2D eigenvalue weighted by molar-refractivity contribution is 0.0740. The molecule has 0 N–H and O–H groups in total. The number of aryl methyl sites for hydroxylation is 1. The number of para-hydroxylation sites is 2. The summed E-state index contributed by atoms with van der Waals surface area (Å²) in [5, 5.41) is 7.69. The van der Waals surface area contributed by atoms with Crippen molar-refractivity contribution in [3.63, 3.8) is 0 Å². The highest BCUT2D eigenvalue weighted by molar-refractivity contribution is 5.92. The summed E-state index contributed by atoms with van der Waals surface area (Å²) in [4.78, 5) is 16.4. The molecule has 0 saturated carbocycles. The molecule has 0 unspecified atom stereocenters. The van der Waals surface area contributed by atoms with Gasteiger partial charge < -0.3 is 14.5 Å². The number of benzene rings is 1. The van der Waals surface area contributed by atoms with Gasteiger partial charge in [0.25, 0.3) is 5.91 Å². The van der Waals surface area contributed by atoms with E-state index in [0.29, 0.717) is 18.8 Å². The van der Waals surface area contributed by atoms with Gasteiger partial charge in [-0.25, -0.2) is 0 Å². The lowest BCUT2D eigenvalue weighted by Crippen LogP contribution is -2.49. The Labute approximate surface area is 129 Å². The summed E-state index contributed by atoms with van der Waals surface area (Å²) < 4.78 is 6.94. The number of rotatable bonds is 3. The maximum Gasteiger partial charge on any atom is 0.276 e. The van der Waals surface area contributed by atoms with Crippen molar-refractivity contribution < 1.29 is 9.53 Å². The number of piperazine rings is 1. The summed E-state index contributed by atoms with van der Waals surface area (Å²) in [7, 11) is 3.43. The molecule has 1 amide bonds. The molecule has 1 aromatic heterocycles. The number of hydrogen-bond acceptors (Lipinski definition) is 5. The van der Waals surface area contributed by atoms with E-state index in [-0.39, 0.29) is 5.91 Å². The third-order valence-corrected chi connectivity index (χ3v) is 3.81. The number of carbonyl (C=O) groups excluding carboxylic acids is 1. The lowest BCUT2D eigenvalue weighted by Gasteiger charge is -2.36. The number of nitrogens with zero attached hydrogens (tertiary/aromatic N) is 5. The van der Waals surface area contributed by atoms with Crippen LogP contribution in [0.3, 0.4) is 0 Å². The van der Waals surface area contributed by atoms with Crippen LogP contribution in [0.15, 0.2) is 30.5 Å². The second kappa shape index (κ2) is 6.05. The highest BCUT2D eigenvalue weighted by Crippen LogP contribution is 2.28. The summed E-state index contributed by atoms with van der Waals surface area (Å²) in [6.45, 7) is 2.86. The summed E-state index contributed by atoms with van der Waals surface area (Å²) in [5.74, 6) is 0.795. The van der Waals surface area contributed by atoms with Crippen LogP contribution in [0.5, 0.6) is 5.75 Å². The van der Waals surface area contributed by atoms with Gasteiger partial charge in [-0.05, 0) is 12.1 Å². The number of aromatic nitrogens is 3. The lowest BCUT2D eigenvalue weighted by atomic mass is 10.2. The monoisotopic (exact) mass is 301 g/mol. The first-order chi connectivity index (χ1) is 10.7. The fourth-order valence-corrected chi connectivity index (χ4v) is 2.65. The molecule has 0 spiro atoms. The summed E-state index contributed by atoms with van der Waals surface area (Å²) in [6, 6.07) is 7.94. The summed E-state index contributed by atoms with van der Waals surface area (Å²) >= 11 is 0. The van der Waals surface area contributed by atoms with Crippen LogP contribution in [0.4, 0.5) is 5.69 Å². The highest BCUT2D eigenvalue weighted by Gasteiger charge is 2.25. The van der Waals surface area contributed by atoms with E-state index in [4.69, 9.17) is 4.74 Å². The molecule has 1 aromatic carbocycles. The minimum Gasteiger partial charge on any atom is -0.495 e. The molecular weight excluding hydrogens is 282 g/mol. The van der Waals surface area contributed by atoms with Crippen molar-refractivity contribution in [1.29, 1.82) is 0 Å². The highest BCUT2D eigenvalue weighted by atomic mass is 16.5. The van der Waals surface area contributed by atoms with Crippen LogP contribution in [0.25, 0.3) is 0 Å². The van der Waals surface area contributed by atoms with E-state index < -0.39 is 0 Å². The van der Waals surface area contributed by atoms with E-state index in [0.717, 1.165) is 24.5 Å². The normalized spacial score (nSPS) is 15.0. The standard InChI is InChI=1S/C15H19N5O2/c1-18-11-12(16-17-18)15(21)20-9-7-19(8-10-20)13-5-3-4-6-14(13)22-2/h3-6,11H,7-10H2,1-2H3. The zero-order valence-electron chi connectivity index (χ0n) is 12.8. The van der Waals surface area contributed by atoms with E-state index in [1.165, 1.54) is 4.68 Å². The molecule has 0 atom stereocenters. The van der Waals surface area contributed by atoms with Crippen LogP contribution in [0, 0.1) is 0 Å². The van der Waals surface area contributed by atoms with E-state index in [1.807, 2.05) is 29.2 Å². The SMILES string of the molecule is COc1ccccc1N1CCN(C(=O)c2cn(C)nn2)CC1. The van der Waals surface area contributed by atoms with E-state index in [1.54, 1.807) is 20.4 Å². The average molecular weight is 301 g/mol. The van der Waals surface area contributed by atoms with Crippen molar-refractivity contribution >= 4 is 11.6 Å². The third-order valence-electron chi connectivity index (χ3n) is 3.81. The molecule has 3 rings (SSSR count). The molecular formula is C15H19N5O2. The third kappa shape index (κ3) is 2.74. The minimum atomic E-state index is -0.0622. The first-order valence-corrected chi connectivity index (χ1v) is 7.22. The Morgan fingerprint density at radius 2 is 1.91 bits per heavy atom. The molecule has 1 aliphatic rings. The molecule has 1 saturated heterocycles. The Hall–Kier alpha value is -2.57. The number of anilines is 1. The van der Waals surface area contributed by atoms with Crippen molar-refractivity contribution in [1.82, 2.24) is 19.9 Å². The van der Waals surface area contributed by atoms with Gasteiger partial charge in [-0.1, -0.05) is 17.3 Å². The molecule has 1 aliphatic heterocycles. The van der Waals surface area contributed by atoms with Crippen molar-refractivity contribution in [2.24, 2.45) is 7.05 Å². The van der Waals surface area contributed by atoms with Gasteiger partial charge >= 0.3 is 0 Å². The van der Waals surface area contributed by atoms with Gasteiger partial charge in [-0.2, -0.15) is 0 Å². The predicted molar refractivity (Wildman–Crippen MR) is 82.1 cm³/mol. The fourth-order valence-electron chi connectivity index (χ4n) is 2.65. The maximum atomic E-state index is 12.3. The first kappa shape index (κ1) is 14.4. The zero-order chi connectivity index (χ0) is 15.5. The smallest absolute Gasteiger partial charge is 0.276 e. The van der Waals surface area contributed by atoms with Crippen molar-refractivity contribution in [2.45, 2.75) is 0 Å². The van der Waals surface area contributed by atoms with Crippen molar-refractivity contribution in [3.05, 3.63) is 36.2 Å². The first-order valence-electron chi connectivity index (χ1n) is 7.22. The second-order valence-corrected chi connectivity index (χ2v) is 5.23. The van der Waals surface area contributed by atoms with Crippen molar-refractivity contribution in [2.75, 3.05) is 38.2 Å². The summed E-state index contributed by atoms with van der Waals surface area (Å²) in [6.07, 6.45) is 1.65. The Kier molecular flexibility index (Phi) is 3.95. The molecule has 0 radical (unpaired) electrons. The van der Waals surface area contributed by atoms with Gasteiger partial charge in [0.05, 0.1) is 19.0 Å². The number of methoxy groups -OCH3 is 1. The van der Waals surface area contributed by atoms with Crippen LogP contribution < -0.4 is 9.64 Å². The number of ether oxygens (including phenoxy) is 1. The van der Waals surface area contributed by atoms with Gasteiger partial charge in [0, 0.05) is 33.2 Å².